The van der Waals surface area contributed by atoms with Crippen molar-refractivity contribution in [3.8, 4) is 33.6 Å². The number of rotatable bonds is 9. The number of para-hydroxylation sites is 1. The highest BCUT2D eigenvalue weighted by Crippen LogP contribution is 2.38. The van der Waals surface area contributed by atoms with E-state index in [-0.39, 0.29) is 0 Å². The van der Waals surface area contributed by atoms with E-state index in [1.807, 2.05) is 25.1 Å². The third-order valence-electron chi connectivity index (χ3n) is 10.8. The summed E-state index contributed by atoms with van der Waals surface area (Å²) in [5, 5.41) is 3.57. The molecule has 0 bridgehead atoms. The molecule has 0 aliphatic rings. The molecule has 0 saturated heterocycles. The van der Waals surface area contributed by atoms with E-state index in [0.29, 0.717) is 0 Å². The first-order valence-corrected chi connectivity index (χ1v) is 19.6. The Morgan fingerprint density at radius 1 is 0.483 bits per heavy atom. The molecule has 0 aliphatic heterocycles. The van der Waals surface area contributed by atoms with Crippen molar-refractivity contribution in [1.82, 2.24) is 9.13 Å². The molecule has 0 spiro atoms. The Morgan fingerprint density at radius 3 is 1.81 bits per heavy atom. The van der Waals surface area contributed by atoms with Gasteiger partial charge in [-0.1, -0.05) is 147 Å². The molecular weight excluding hydrogens is 703 g/mol. The molecule has 0 atom stereocenters. The maximum atomic E-state index is 5.08. The summed E-state index contributed by atoms with van der Waals surface area (Å²) in [5.41, 5.74) is 16.5. The van der Waals surface area contributed by atoms with Crippen LogP contribution in [0.3, 0.4) is 0 Å². The average molecular weight is 748 g/mol. The Kier molecular flexibility index (Phi) is 10.5. The minimum absolute atomic E-state index is 0.961. The zero-order chi connectivity index (χ0) is 40.2. The number of benzene rings is 7. The lowest BCUT2D eigenvalue weighted by atomic mass is 10.0. The van der Waals surface area contributed by atoms with Crippen LogP contribution in [-0.2, 0) is 0 Å². The minimum Gasteiger partial charge on any atom is -0.309 e. The predicted octanol–water partition coefficient (Wildman–Crippen LogP) is 15.0. The topological polar surface area (TPSA) is 22.2 Å². The molecule has 0 unspecified atom stereocenters. The molecule has 9 rings (SSSR count). The molecule has 3 heteroatoms. The lowest BCUT2D eigenvalue weighted by Crippen LogP contribution is -2.00. The van der Waals surface area contributed by atoms with E-state index in [1.165, 1.54) is 27.4 Å². The number of fused-ring (bicyclic) bond motifs is 4. The second-order valence-electron chi connectivity index (χ2n) is 14.1. The number of aromatic nitrogens is 2. The molecule has 0 N–H and O–H groups in total. The highest BCUT2D eigenvalue weighted by molar-refractivity contribution is 6.11. The number of nitrogens with zero attached hydrogens (tertiary/aromatic N) is 3. The van der Waals surface area contributed by atoms with Crippen molar-refractivity contribution in [2.75, 3.05) is 0 Å². The van der Waals surface area contributed by atoms with Crippen LogP contribution < -0.4 is 0 Å². The van der Waals surface area contributed by atoms with Crippen LogP contribution in [0, 0.1) is 0 Å². The third-order valence-corrected chi connectivity index (χ3v) is 10.8. The molecule has 0 aliphatic carbocycles. The average Bonchev–Trinajstić information content (AvgIpc) is 3.81. The van der Waals surface area contributed by atoms with Crippen LogP contribution in [0.4, 0.5) is 0 Å². The van der Waals surface area contributed by atoms with Crippen LogP contribution in [0.25, 0.3) is 84.2 Å². The van der Waals surface area contributed by atoms with Gasteiger partial charge < -0.3 is 9.13 Å². The molecule has 0 radical (unpaired) electrons. The smallest absolute Gasteiger partial charge is 0.0662 e. The van der Waals surface area contributed by atoms with Crippen LogP contribution in [0.2, 0.25) is 0 Å². The maximum Gasteiger partial charge on any atom is 0.0662 e. The monoisotopic (exact) mass is 747 g/mol. The van der Waals surface area contributed by atoms with E-state index in [2.05, 4.69) is 212 Å². The molecule has 0 fully saturated rings. The zero-order valence-electron chi connectivity index (χ0n) is 33.1. The van der Waals surface area contributed by atoms with Gasteiger partial charge in [-0.3, -0.25) is 4.99 Å². The van der Waals surface area contributed by atoms with Crippen molar-refractivity contribution >= 4 is 56.3 Å². The molecule has 3 nitrogen and oxygen atoms in total. The largest absolute Gasteiger partial charge is 0.309 e. The molecule has 0 saturated carbocycles. The lowest BCUT2D eigenvalue weighted by molar-refractivity contribution is 1.11. The first-order valence-electron chi connectivity index (χ1n) is 19.6. The highest BCUT2D eigenvalue weighted by atomic mass is 15.0. The number of allylic oxidation sites excluding steroid dienone is 1. The van der Waals surface area contributed by atoms with Crippen molar-refractivity contribution < 1.29 is 0 Å². The second-order valence-corrected chi connectivity index (χ2v) is 14.1. The molecule has 2 heterocycles. The van der Waals surface area contributed by atoms with Crippen molar-refractivity contribution in [1.29, 1.82) is 0 Å². The van der Waals surface area contributed by atoms with E-state index in [1.54, 1.807) is 0 Å². The van der Waals surface area contributed by atoms with Crippen LogP contribution >= 0.6 is 0 Å². The summed E-state index contributed by atoms with van der Waals surface area (Å²) >= 11 is 0. The summed E-state index contributed by atoms with van der Waals surface area (Å²) in [6.07, 6.45) is 5.97. The molecule has 280 valence electrons. The van der Waals surface area contributed by atoms with Gasteiger partial charge in [0.05, 0.1) is 27.9 Å². The number of aliphatic imine (C=N–C) groups is 1. The quantitative estimate of drug-likeness (QED) is 0.104. The molecule has 7 aromatic carbocycles. The lowest BCUT2D eigenvalue weighted by Gasteiger charge is -2.12. The normalized spacial score (nSPS) is 11.8. The summed E-state index contributed by atoms with van der Waals surface area (Å²) in [7, 11) is 0. The zero-order valence-corrected chi connectivity index (χ0v) is 33.1. The van der Waals surface area contributed by atoms with E-state index in [0.717, 1.165) is 72.7 Å². The van der Waals surface area contributed by atoms with Gasteiger partial charge in [-0.25, -0.2) is 0 Å². The van der Waals surface area contributed by atoms with E-state index < -0.39 is 0 Å². The van der Waals surface area contributed by atoms with Gasteiger partial charge in [0, 0.05) is 38.8 Å². The third kappa shape index (κ3) is 6.73. The Labute approximate surface area is 341 Å². The van der Waals surface area contributed by atoms with E-state index in [9.17, 15) is 0 Å². The fourth-order valence-corrected chi connectivity index (χ4v) is 8.11. The Morgan fingerprint density at radius 2 is 1.07 bits per heavy atom. The fourth-order valence-electron chi connectivity index (χ4n) is 8.11. The SMILES string of the molecule is C=C.C=Cc1c(C=C)n(-c2cccc(-c3ccccc3)c2)c2ccc(-c3ccc4c5ccccc5n(-c5cccc(C(C)=N/C(=C\C)c6ccccc6)c5)c4c3)cc12. The predicted molar refractivity (Wildman–Crippen MR) is 252 cm³/mol. The highest BCUT2D eigenvalue weighted by Gasteiger charge is 2.18. The Hall–Kier alpha value is -7.49. The van der Waals surface area contributed by atoms with Crippen LogP contribution in [-0.4, -0.2) is 14.8 Å². The Bertz CT molecular complexity index is 3030. The van der Waals surface area contributed by atoms with Crippen molar-refractivity contribution in [3.05, 3.63) is 225 Å². The summed E-state index contributed by atoms with van der Waals surface area (Å²) in [6.45, 7) is 18.6. The summed E-state index contributed by atoms with van der Waals surface area (Å²) in [6, 6.07) is 60.6. The van der Waals surface area contributed by atoms with Crippen LogP contribution in [0.5, 0.6) is 0 Å². The molecular formula is C55H45N3. The van der Waals surface area contributed by atoms with Crippen LogP contribution in [0.1, 0.15) is 36.2 Å². The van der Waals surface area contributed by atoms with Gasteiger partial charge in [0.15, 0.2) is 0 Å². The van der Waals surface area contributed by atoms with Gasteiger partial charge in [-0.05, 0) is 102 Å². The standard InChI is InChI=1S/C53H41N3.C2H4/c1-5-45-48-34-41(29-31-52(48)55(50(45)7-3)44-25-17-23-40(33-44)37-18-10-8-11-19-37)42-28-30-47-46-26-14-15-27-51(46)56(53(47)35-42)43-24-16-22-39(32-43)36(4)54-49(6-2)38-20-12-9-13-21-38;1-2/h5-35H,1,3H2,2,4H3;1-2H2/b49-6-,54-36?;. The molecule has 58 heavy (non-hydrogen) atoms. The summed E-state index contributed by atoms with van der Waals surface area (Å²) < 4.78 is 4.69. The molecule has 2 aromatic heterocycles. The van der Waals surface area contributed by atoms with Gasteiger partial charge in [-0.2, -0.15) is 0 Å². The van der Waals surface area contributed by atoms with E-state index in [4.69, 9.17) is 4.99 Å². The summed E-state index contributed by atoms with van der Waals surface area (Å²) in [4.78, 5) is 5.08. The number of hydrogen-bond donors (Lipinski definition) is 0. The maximum absolute atomic E-state index is 5.08. The van der Waals surface area contributed by atoms with Gasteiger partial charge in [0.25, 0.3) is 0 Å². The first kappa shape index (κ1) is 37.4. The van der Waals surface area contributed by atoms with Gasteiger partial charge in [0.1, 0.15) is 0 Å². The van der Waals surface area contributed by atoms with Gasteiger partial charge in [0.2, 0.25) is 0 Å². The van der Waals surface area contributed by atoms with Gasteiger partial charge >= 0.3 is 0 Å². The summed E-state index contributed by atoms with van der Waals surface area (Å²) in [5.74, 6) is 0. The van der Waals surface area contributed by atoms with Gasteiger partial charge in [-0.15, -0.1) is 13.2 Å². The fraction of sp³-hybridized carbons (Fsp3) is 0.0364. The first-order chi connectivity index (χ1) is 28.6. The minimum atomic E-state index is 0.961. The van der Waals surface area contributed by atoms with Crippen molar-refractivity contribution in [2.24, 2.45) is 4.99 Å². The van der Waals surface area contributed by atoms with Crippen molar-refractivity contribution in [2.45, 2.75) is 13.8 Å². The molecule has 0 amide bonds. The molecule has 9 aromatic rings. The van der Waals surface area contributed by atoms with E-state index >= 15 is 0 Å². The van der Waals surface area contributed by atoms with Crippen molar-refractivity contribution in [3.63, 3.8) is 0 Å². The van der Waals surface area contributed by atoms with Crippen LogP contribution in [0.15, 0.2) is 207 Å². The Balaban J connectivity index is 0.00000231. The number of hydrogen-bond acceptors (Lipinski definition) is 1. The second kappa shape index (κ2) is 16.3.